The number of thiazole rings is 1. The van der Waals surface area contributed by atoms with Crippen molar-refractivity contribution in [3.05, 3.63) is 57.1 Å². The van der Waals surface area contributed by atoms with E-state index < -0.39 is 10.8 Å². The Balaban J connectivity index is 1.60. The van der Waals surface area contributed by atoms with Gasteiger partial charge in [0.1, 0.15) is 5.56 Å². The summed E-state index contributed by atoms with van der Waals surface area (Å²) in [6, 6.07) is 9.41. The van der Waals surface area contributed by atoms with Crippen LogP contribution in [-0.4, -0.2) is 28.9 Å². The molecule has 1 N–H and O–H groups in total. The molecule has 1 aliphatic rings. The first-order valence-electron chi connectivity index (χ1n) is 8.42. The number of nitro benzene ring substituents is 1. The number of carbonyl (C=O) groups is 1. The first-order valence-corrected chi connectivity index (χ1v) is 9.61. The van der Waals surface area contributed by atoms with E-state index in [9.17, 15) is 14.9 Å². The summed E-state index contributed by atoms with van der Waals surface area (Å²) in [6.07, 6.45) is 2.36. The van der Waals surface area contributed by atoms with Gasteiger partial charge in [0.2, 0.25) is 0 Å². The van der Waals surface area contributed by atoms with E-state index in [1.165, 1.54) is 31.0 Å². The zero-order valence-electron chi connectivity index (χ0n) is 14.1. The number of fused-ring (bicyclic) bond motifs is 1. The molecule has 3 aromatic rings. The van der Waals surface area contributed by atoms with Gasteiger partial charge in [-0.15, -0.1) is 0 Å². The van der Waals surface area contributed by atoms with Crippen molar-refractivity contribution >= 4 is 55.6 Å². The summed E-state index contributed by atoms with van der Waals surface area (Å²) in [7, 11) is 0. The largest absolute Gasteiger partial charge is 0.348 e. The van der Waals surface area contributed by atoms with E-state index >= 15 is 0 Å². The van der Waals surface area contributed by atoms with Gasteiger partial charge in [-0.3, -0.25) is 14.9 Å². The second-order valence-electron chi connectivity index (χ2n) is 6.25. The number of nitro groups is 1. The van der Waals surface area contributed by atoms with Crippen LogP contribution in [0.4, 0.5) is 16.5 Å². The van der Waals surface area contributed by atoms with Gasteiger partial charge in [-0.25, -0.2) is 4.98 Å². The third kappa shape index (κ3) is 3.58. The highest BCUT2D eigenvalue weighted by Crippen LogP contribution is 2.32. The van der Waals surface area contributed by atoms with Crippen molar-refractivity contribution in [1.82, 2.24) is 4.98 Å². The lowest BCUT2D eigenvalue weighted by molar-refractivity contribution is -0.385. The summed E-state index contributed by atoms with van der Waals surface area (Å²) in [4.78, 5) is 30.0. The summed E-state index contributed by atoms with van der Waals surface area (Å²) < 4.78 is 0.959. The topological polar surface area (TPSA) is 88.4 Å². The fraction of sp³-hybridized carbons (Fsp3) is 0.222. The molecule has 27 heavy (non-hydrogen) atoms. The molecule has 1 fully saturated rings. The Morgan fingerprint density at radius 1 is 1.22 bits per heavy atom. The Morgan fingerprint density at radius 2 is 2.00 bits per heavy atom. The molecule has 1 amide bonds. The minimum absolute atomic E-state index is 0.0356. The molecule has 1 aromatic heterocycles. The van der Waals surface area contributed by atoms with E-state index in [0.717, 1.165) is 28.4 Å². The van der Waals surface area contributed by atoms with Crippen molar-refractivity contribution in [1.29, 1.82) is 0 Å². The quantitative estimate of drug-likeness (QED) is 0.504. The van der Waals surface area contributed by atoms with Crippen LogP contribution in [0.1, 0.15) is 23.2 Å². The van der Waals surface area contributed by atoms with Crippen LogP contribution in [0.5, 0.6) is 0 Å². The lowest BCUT2D eigenvalue weighted by atomic mass is 10.1. The standard InChI is InChI=1S/C18H15ClN4O3S/c19-11-3-5-13(15(9-11)23(25)26)17(24)20-12-4-6-14-16(10-12)27-18(21-14)22-7-1-2-8-22/h3-6,9-10H,1-2,7-8H2,(H,20,24). The molecule has 0 saturated carbocycles. The zero-order chi connectivity index (χ0) is 19.0. The predicted octanol–water partition coefficient (Wildman–Crippen LogP) is 4.71. The SMILES string of the molecule is O=C(Nc1ccc2nc(N3CCCC3)sc2c1)c1ccc(Cl)cc1[N+](=O)[O-]. The number of hydrogen-bond acceptors (Lipinski definition) is 6. The van der Waals surface area contributed by atoms with Crippen molar-refractivity contribution in [3.63, 3.8) is 0 Å². The van der Waals surface area contributed by atoms with Gasteiger partial charge >= 0.3 is 0 Å². The number of anilines is 2. The maximum atomic E-state index is 12.5. The van der Waals surface area contributed by atoms with Gasteiger partial charge in [-0.05, 0) is 43.2 Å². The van der Waals surface area contributed by atoms with Crippen LogP contribution in [0.2, 0.25) is 5.02 Å². The number of hydrogen-bond donors (Lipinski definition) is 1. The maximum absolute atomic E-state index is 12.5. The van der Waals surface area contributed by atoms with Gasteiger partial charge in [-0.1, -0.05) is 22.9 Å². The Morgan fingerprint density at radius 3 is 2.74 bits per heavy atom. The summed E-state index contributed by atoms with van der Waals surface area (Å²) in [5, 5.41) is 15.1. The molecular weight excluding hydrogens is 388 g/mol. The maximum Gasteiger partial charge on any atom is 0.283 e. The van der Waals surface area contributed by atoms with Gasteiger partial charge in [0, 0.05) is 29.9 Å². The van der Waals surface area contributed by atoms with Crippen LogP contribution < -0.4 is 10.2 Å². The summed E-state index contributed by atoms with van der Waals surface area (Å²) in [5.74, 6) is -0.554. The van der Waals surface area contributed by atoms with Crippen molar-refractivity contribution < 1.29 is 9.72 Å². The van der Waals surface area contributed by atoms with Crippen LogP contribution in [0, 0.1) is 10.1 Å². The number of nitrogens with one attached hydrogen (secondary N) is 1. The molecule has 0 unspecified atom stereocenters. The number of benzene rings is 2. The Kier molecular flexibility index (Phi) is 4.67. The summed E-state index contributed by atoms with van der Waals surface area (Å²) in [6.45, 7) is 2.04. The predicted molar refractivity (Wildman–Crippen MR) is 107 cm³/mol. The third-order valence-corrected chi connectivity index (χ3v) is 5.73. The highest BCUT2D eigenvalue weighted by atomic mass is 35.5. The minimum atomic E-state index is -0.616. The smallest absolute Gasteiger partial charge is 0.283 e. The van der Waals surface area contributed by atoms with Crippen LogP contribution in [0.25, 0.3) is 10.2 Å². The van der Waals surface area contributed by atoms with Crippen LogP contribution in [-0.2, 0) is 0 Å². The second kappa shape index (κ2) is 7.13. The minimum Gasteiger partial charge on any atom is -0.348 e. The number of rotatable bonds is 4. The molecule has 0 spiro atoms. The van der Waals surface area contributed by atoms with E-state index in [0.29, 0.717) is 5.69 Å². The monoisotopic (exact) mass is 402 g/mol. The first-order chi connectivity index (χ1) is 13.0. The van der Waals surface area contributed by atoms with Crippen LogP contribution >= 0.6 is 22.9 Å². The van der Waals surface area contributed by atoms with Gasteiger partial charge in [0.05, 0.1) is 15.1 Å². The normalized spacial score (nSPS) is 13.9. The molecule has 2 aromatic carbocycles. The highest BCUT2D eigenvalue weighted by Gasteiger charge is 2.21. The lowest BCUT2D eigenvalue weighted by Crippen LogP contribution is -2.16. The zero-order valence-corrected chi connectivity index (χ0v) is 15.7. The highest BCUT2D eigenvalue weighted by molar-refractivity contribution is 7.22. The van der Waals surface area contributed by atoms with E-state index in [1.807, 2.05) is 12.1 Å². The average molecular weight is 403 g/mol. The summed E-state index contributed by atoms with van der Waals surface area (Å²) >= 11 is 7.38. The van der Waals surface area contributed by atoms with Gasteiger partial charge in [0.25, 0.3) is 11.6 Å². The molecule has 0 aliphatic carbocycles. The first kappa shape index (κ1) is 17.7. The van der Waals surface area contributed by atoms with Crippen LogP contribution in [0.15, 0.2) is 36.4 Å². The van der Waals surface area contributed by atoms with Crippen molar-refractivity contribution in [2.45, 2.75) is 12.8 Å². The molecule has 4 rings (SSSR count). The van der Waals surface area contributed by atoms with Gasteiger partial charge in [0.15, 0.2) is 5.13 Å². The molecule has 0 bridgehead atoms. The second-order valence-corrected chi connectivity index (χ2v) is 7.69. The number of aromatic nitrogens is 1. The van der Waals surface area contributed by atoms with Crippen LogP contribution in [0.3, 0.4) is 0 Å². The average Bonchev–Trinajstić information content (AvgIpc) is 3.30. The fourth-order valence-electron chi connectivity index (χ4n) is 3.08. The molecule has 1 aliphatic heterocycles. The molecule has 9 heteroatoms. The number of carbonyl (C=O) groups excluding carboxylic acids is 1. The van der Waals surface area contributed by atoms with Gasteiger partial charge in [-0.2, -0.15) is 0 Å². The van der Waals surface area contributed by atoms with E-state index in [1.54, 1.807) is 17.4 Å². The molecular formula is C18H15ClN4O3S. The molecule has 0 radical (unpaired) electrons. The van der Waals surface area contributed by atoms with Crippen molar-refractivity contribution in [3.8, 4) is 0 Å². The Hall–Kier alpha value is -2.71. The van der Waals surface area contributed by atoms with E-state index in [2.05, 4.69) is 15.2 Å². The molecule has 7 nitrogen and oxygen atoms in total. The van der Waals surface area contributed by atoms with Gasteiger partial charge < -0.3 is 10.2 Å². The molecule has 138 valence electrons. The fourth-order valence-corrected chi connectivity index (χ4v) is 4.30. The number of nitrogens with zero attached hydrogens (tertiary/aromatic N) is 3. The molecule has 1 saturated heterocycles. The molecule has 0 atom stereocenters. The van der Waals surface area contributed by atoms with E-state index in [4.69, 9.17) is 11.6 Å². The lowest BCUT2D eigenvalue weighted by Gasteiger charge is -2.11. The van der Waals surface area contributed by atoms with E-state index in [-0.39, 0.29) is 16.3 Å². The van der Waals surface area contributed by atoms with Crippen molar-refractivity contribution in [2.24, 2.45) is 0 Å². The summed E-state index contributed by atoms with van der Waals surface area (Å²) in [5.41, 5.74) is 1.08. The number of amides is 1. The van der Waals surface area contributed by atoms with Crippen molar-refractivity contribution in [2.75, 3.05) is 23.3 Å². The Labute approximate surface area is 163 Å². The number of halogens is 1. The Bertz CT molecular complexity index is 1050. The third-order valence-electron chi connectivity index (χ3n) is 4.41. The molecule has 2 heterocycles.